The molecule has 1 N–H and O–H groups in total. The van der Waals surface area contributed by atoms with E-state index in [9.17, 15) is 8.78 Å². The minimum absolute atomic E-state index is 0.0380. The quantitative estimate of drug-likeness (QED) is 0.936. The SMILES string of the molecule is CCNC(c1snnc1C)c1c(F)ccc(C)c1F. The number of benzene rings is 1. The van der Waals surface area contributed by atoms with Crippen molar-refractivity contribution in [1.29, 1.82) is 0 Å². The van der Waals surface area contributed by atoms with Gasteiger partial charge < -0.3 is 5.32 Å². The van der Waals surface area contributed by atoms with Gasteiger partial charge in [-0.1, -0.05) is 17.5 Å². The van der Waals surface area contributed by atoms with Crippen molar-refractivity contribution < 1.29 is 8.78 Å². The molecule has 0 aliphatic carbocycles. The summed E-state index contributed by atoms with van der Waals surface area (Å²) in [6, 6.07) is 2.18. The lowest BCUT2D eigenvalue weighted by Crippen LogP contribution is -2.24. The first-order chi connectivity index (χ1) is 9.06. The lowest BCUT2D eigenvalue weighted by molar-refractivity contribution is 0.508. The van der Waals surface area contributed by atoms with Crippen molar-refractivity contribution in [2.75, 3.05) is 6.54 Å². The molecule has 0 fully saturated rings. The van der Waals surface area contributed by atoms with E-state index < -0.39 is 17.7 Å². The Morgan fingerprint density at radius 3 is 2.63 bits per heavy atom. The summed E-state index contributed by atoms with van der Waals surface area (Å²) < 4.78 is 32.1. The molecule has 0 saturated heterocycles. The highest BCUT2D eigenvalue weighted by atomic mass is 32.1. The van der Waals surface area contributed by atoms with Crippen molar-refractivity contribution in [2.45, 2.75) is 26.8 Å². The summed E-state index contributed by atoms with van der Waals surface area (Å²) in [5.74, 6) is -1.07. The molecule has 6 heteroatoms. The molecule has 2 rings (SSSR count). The zero-order valence-corrected chi connectivity index (χ0v) is 11.8. The van der Waals surface area contributed by atoms with Crippen LogP contribution in [-0.2, 0) is 0 Å². The van der Waals surface area contributed by atoms with E-state index in [1.165, 1.54) is 12.1 Å². The highest BCUT2D eigenvalue weighted by molar-refractivity contribution is 7.05. The van der Waals surface area contributed by atoms with Gasteiger partial charge in [0.05, 0.1) is 16.6 Å². The second kappa shape index (κ2) is 5.71. The van der Waals surface area contributed by atoms with Crippen molar-refractivity contribution in [1.82, 2.24) is 14.9 Å². The van der Waals surface area contributed by atoms with Crippen LogP contribution in [0, 0.1) is 25.5 Å². The Balaban J connectivity index is 2.57. The molecule has 0 aliphatic heterocycles. The number of aryl methyl sites for hydroxylation is 2. The number of halogens is 2. The third-order valence-electron chi connectivity index (χ3n) is 2.97. The first kappa shape index (κ1) is 14.0. The molecule has 3 nitrogen and oxygen atoms in total. The fourth-order valence-electron chi connectivity index (χ4n) is 1.98. The zero-order chi connectivity index (χ0) is 14.0. The van der Waals surface area contributed by atoms with E-state index in [2.05, 4.69) is 14.9 Å². The molecule has 0 radical (unpaired) electrons. The predicted octanol–water partition coefficient (Wildman–Crippen LogP) is 3.13. The van der Waals surface area contributed by atoms with E-state index in [-0.39, 0.29) is 5.56 Å². The second-order valence-corrected chi connectivity index (χ2v) is 5.09. The number of hydrogen-bond acceptors (Lipinski definition) is 4. The second-order valence-electron chi connectivity index (χ2n) is 4.31. The lowest BCUT2D eigenvalue weighted by Gasteiger charge is -2.19. The topological polar surface area (TPSA) is 37.8 Å². The number of rotatable bonds is 4. The lowest BCUT2D eigenvalue weighted by atomic mass is 10.0. The number of hydrogen-bond donors (Lipinski definition) is 1. The monoisotopic (exact) mass is 283 g/mol. The Kier molecular flexibility index (Phi) is 4.21. The molecular formula is C13H15F2N3S. The molecule has 2 aromatic rings. The molecule has 1 aromatic carbocycles. The third kappa shape index (κ3) is 2.64. The molecular weight excluding hydrogens is 268 g/mol. The minimum atomic E-state index is -0.554. The molecule has 1 unspecified atom stereocenters. The summed E-state index contributed by atoms with van der Waals surface area (Å²) in [6.07, 6.45) is 0. The van der Waals surface area contributed by atoms with Crippen molar-refractivity contribution >= 4 is 11.5 Å². The highest BCUT2D eigenvalue weighted by Crippen LogP contribution is 2.31. The Morgan fingerprint density at radius 1 is 1.32 bits per heavy atom. The molecule has 19 heavy (non-hydrogen) atoms. The van der Waals surface area contributed by atoms with Crippen LogP contribution in [0.15, 0.2) is 12.1 Å². The minimum Gasteiger partial charge on any atom is -0.306 e. The molecule has 0 amide bonds. The van der Waals surface area contributed by atoms with Gasteiger partial charge in [-0.25, -0.2) is 8.78 Å². The van der Waals surface area contributed by atoms with Crippen LogP contribution >= 0.6 is 11.5 Å². The normalized spacial score (nSPS) is 12.7. The summed E-state index contributed by atoms with van der Waals surface area (Å²) in [4.78, 5) is 0.741. The molecule has 102 valence electrons. The maximum Gasteiger partial charge on any atom is 0.134 e. The van der Waals surface area contributed by atoms with Crippen molar-refractivity contribution in [3.63, 3.8) is 0 Å². The maximum atomic E-state index is 14.2. The van der Waals surface area contributed by atoms with Gasteiger partial charge in [-0.3, -0.25) is 0 Å². The Labute approximate surface area is 114 Å². The van der Waals surface area contributed by atoms with Gasteiger partial charge in [0.2, 0.25) is 0 Å². The average molecular weight is 283 g/mol. The van der Waals surface area contributed by atoms with E-state index in [0.29, 0.717) is 17.8 Å². The van der Waals surface area contributed by atoms with Gasteiger partial charge in [0.15, 0.2) is 0 Å². The van der Waals surface area contributed by atoms with Crippen LogP contribution in [0.2, 0.25) is 0 Å². The Morgan fingerprint density at radius 2 is 2.05 bits per heavy atom. The molecule has 0 spiro atoms. The van der Waals surface area contributed by atoms with Gasteiger partial charge >= 0.3 is 0 Å². The summed E-state index contributed by atoms with van der Waals surface area (Å²) in [6.45, 7) is 5.89. The maximum absolute atomic E-state index is 14.2. The molecule has 0 aliphatic rings. The van der Waals surface area contributed by atoms with Crippen molar-refractivity contribution in [3.8, 4) is 0 Å². The van der Waals surface area contributed by atoms with Gasteiger partial charge in [-0.15, -0.1) is 5.10 Å². The molecule has 1 heterocycles. The van der Waals surface area contributed by atoms with E-state index in [1.54, 1.807) is 13.8 Å². The predicted molar refractivity (Wildman–Crippen MR) is 71.3 cm³/mol. The van der Waals surface area contributed by atoms with Gasteiger partial charge in [0, 0.05) is 5.56 Å². The first-order valence-electron chi connectivity index (χ1n) is 6.03. The number of aromatic nitrogens is 2. The molecule has 0 bridgehead atoms. The molecule has 0 saturated carbocycles. The van der Waals surface area contributed by atoms with E-state index in [0.717, 1.165) is 16.4 Å². The van der Waals surface area contributed by atoms with Gasteiger partial charge in [0.1, 0.15) is 11.6 Å². The number of nitrogens with zero attached hydrogens (tertiary/aromatic N) is 2. The fraction of sp³-hybridized carbons (Fsp3) is 0.385. The molecule has 1 aromatic heterocycles. The first-order valence-corrected chi connectivity index (χ1v) is 6.80. The van der Waals surface area contributed by atoms with Crippen LogP contribution in [0.4, 0.5) is 8.78 Å². The number of nitrogens with one attached hydrogen (secondary N) is 1. The van der Waals surface area contributed by atoms with Crippen LogP contribution in [0.5, 0.6) is 0 Å². The summed E-state index contributed by atoms with van der Waals surface area (Å²) in [5.41, 5.74) is 1.15. The van der Waals surface area contributed by atoms with E-state index in [1.807, 2.05) is 6.92 Å². The van der Waals surface area contributed by atoms with E-state index in [4.69, 9.17) is 0 Å². The Hall–Kier alpha value is -1.40. The Bertz CT molecular complexity index is 583. The van der Waals surface area contributed by atoms with Gasteiger partial charge in [-0.05, 0) is 43.6 Å². The standard InChI is InChI=1S/C13H15F2N3S/c1-4-16-12(13-8(3)17-18-19-13)10-9(14)6-5-7(2)11(10)15/h5-6,12,16H,4H2,1-3H3. The van der Waals surface area contributed by atoms with Crippen LogP contribution in [-0.4, -0.2) is 16.1 Å². The average Bonchev–Trinajstić information content (AvgIpc) is 2.79. The van der Waals surface area contributed by atoms with Crippen LogP contribution in [0.3, 0.4) is 0 Å². The largest absolute Gasteiger partial charge is 0.306 e. The van der Waals surface area contributed by atoms with Crippen molar-refractivity contribution in [2.24, 2.45) is 0 Å². The third-order valence-corrected chi connectivity index (χ3v) is 3.86. The van der Waals surface area contributed by atoms with Gasteiger partial charge in [0.25, 0.3) is 0 Å². The van der Waals surface area contributed by atoms with Crippen molar-refractivity contribution in [3.05, 3.63) is 45.5 Å². The zero-order valence-electron chi connectivity index (χ0n) is 11.0. The van der Waals surface area contributed by atoms with Gasteiger partial charge in [-0.2, -0.15) is 0 Å². The summed E-state index contributed by atoms with van der Waals surface area (Å²) in [7, 11) is 0. The summed E-state index contributed by atoms with van der Waals surface area (Å²) >= 11 is 1.16. The smallest absolute Gasteiger partial charge is 0.134 e. The fourth-order valence-corrected chi connectivity index (χ4v) is 2.71. The summed E-state index contributed by atoms with van der Waals surface area (Å²) in [5, 5.41) is 7.01. The van der Waals surface area contributed by atoms with Crippen LogP contribution < -0.4 is 5.32 Å². The highest BCUT2D eigenvalue weighted by Gasteiger charge is 2.25. The van der Waals surface area contributed by atoms with E-state index >= 15 is 0 Å². The van der Waals surface area contributed by atoms with Crippen LogP contribution in [0.25, 0.3) is 0 Å². The van der Waals surface area contributed by atoms with Crippen LogP contribution in [0.1, 0.15) is 34.7 Å². The molecule has 1 atom stereocenters.